The Morgan fingerprint density at radius 3 is 2.35 bits per heavy atom. The maximum absolute atomic E-state index is 13.2. The topological polar surface area (TPSA) is 9.23 Å². The average Bonchev–Trinajstić information content (AvgIpc) is 3.05. The average molecular weight is 496 g/mol. The van der Waals surface area contributed by atoms with Crippen LogP contribution in [0, 0.1) is 16.3 Å². The largest absolute Gasteiger partial charge is 0.406 e. The number of aryl methyl sites for hydroxylation is 1. The molecule has 1 atom stereocenters. The normalized spacial score (nSPS) is 13.0. The summed E-state index contributed by atoms with van der Waals surface area (Å²) in [6, 6.07) is 17.4. The first-order chi connectivity index (χ1) is 12.2. The fourth-order valence-corrected chi connectivity index (χ4v) is 5.41. The van der Waals surface area contributed by atoms with E-state index in [0.717, 1.165) is 10.4 Å². The van der Waals surface area contributed by atoms with Gasteiger partial charge in [-0.15, -0.1) is 11.3 Å². The van der Waals surface area contributed by atoms with Crippen molar-refractivity contribution in [1.82, 2.24) is 0 Å². The monoisotopic (exact) mass is 496 g/mol. The highest BCUT2D eigenvalue weighted by molar-refractivity contribution is 14.1. The van der Waals surface area contributed by atoms with E-state index >= 15 is 0 Å². The molecule has 136 valence electrons. The Morgan fingerprint density at radius 1 is 1.00 bits per heavy atom. The molecule has 0 saturated heterocycles. The van der Waals surface area contributed by atoms with Gasteiger partial charge in [-0.05, 0) is 102 Å². The summed E-state index contributed by atoms with van der Waals surface area (Å²) in [5.74, 6) is -0.208. The predicted molar refractivity (Wildman–Crippen MR) is 120 cm³/mol. The van der Waals surface area contributed by atoms with E-state index in [0.29, 0.717) is 0 Å². The molecular weight excluding hydrogens is 474 g/mol. The van der Waals surface area contributed by atoms with E-state index in [1.165, 1.54) is 31.7 Å². The molecule has 0 amide bonds. The number of halogens is 2. The molecule has 1 heterocycles. The fraction of sp³-hybridized carbons (Fsp3) is 0.238. The number of hydrogen-bond acceptors (Lipinski definition) is 2. The second kappa shape index (κ2) is 7.92. The summed E-state index contributed by atoms with van der Waals surface area (Å²) in [6.07, 6.45) is -0.0596. The molecule has 0 bridgehead atoms. The smallest absolute Gasteiger partial charge is 0.185 e. The van der Waals surface area contributed by atoms with E-state index in [2.05, 4.69) is 79.5 Å². The molecule has 5 heteroatoms. The Labute approximate surface area is 173 Å². The van der Waals surface area contributed by atoms with E-state index in [1.54, 1.807) is 11.3 Å². The molecule has 0 radical (unpaired) electrons. The standard InChI is InChI=1S/C21H22FIOSSi/c1-14-5-10-17(23)13-18(14)21(24-26(2,3)4)20-12-11-19(25-20)15-6-8-16(22)9-7-15/h5-13,21H,1-4H3. The number of benzene rings is 2. The SMILES string of the molecule is Cc1ccc(I)cc1C(O[Si](C)(C)C)c1ccc(-c2ccc(F)cc2)s1. The van der Waals surface area contributed by atoms with Crippen LogP contribution in [0.15, 0.2) is 54.6 Å². The van der Waals surface area contributed by atoms with Crippen LogP contribution in [0.3, 0.4) is 0 Å². The van der Waals surface area contributed by atoms with Gasteiger partial charge in [0.1, 0.15) is 11.9 Å². The summed E-state index contributed by atoms with van der Waals surface area (Å²) in [4.78, 5) is 2.32. The van der Waals surface area contributed by atoms with Gasteiger partial charge in [-0.2, -0.15) is 0 Å². The molecule has 0 aliphatic carbocycles. The lowest BCUT2D eigenvalue weighted by Gasteiger charge is -2.27. The Morgan fingerprint density at radius 2 is 1.69 bits per heavy atom. The highest BCUT2D eigenvalue weighted by Gasteiger charge is 2.26. The van der Waals surface area contributed by atoms with Gasteiger partial charge < -0.3 is 4.43 Å². The maximum atomic E-state index is 13.2. The van der Waals surface area contributed by atoms with Gasteiger partial charge in [-0.3, -0.25) is 0 Å². The van der Waals surface area contributed by atoms with E-state index in [9.17, 15) is 4.39 Å². The van der Waals surface area contributed by atoms with Crippen molar-refractivity contribution in [1.29, 1.82) is 0 Å². The molecule has 0 aliphatic heterocycles. The van der Waals surface area contributed by atoms with Gasteiger partial charge in [0.05, 0.1) is 0 Å². The van der Waals surface area contributed by atoms with Gasteiger partial charge in [0.15, 0.2) is 8.32 Å². The zero-order valence-corrected chi connectivity index (χ0v) is 19.3. The van der Waals surface area contributed by atoms with Gasteiger partial charge in [-0.1, -0.05) is 18.2 Å². The van der Waals surface area contributed by atoms with Crippen molar-refractivity contribution >= 4 is 42.2 Å². The van der Waals surface area contributed by atoms with Gasteiger partial charge in [0, 0.05) is 13.3 Å². The van der Waals surface area contributed by atoms with E-state index in [-0.39, 0.29) is 11.9 Å². The minimum atomic E-state index is -1.75. The second-order valence-corrected chi connectivity index (χ2v) is 14.1. The second-order valence-electron chi connectivity index (χ2n) is 7.32. The first-order valence-electron chi connectivity index (χ1n) is 8.52. The molecule has 3 aromatic rings. The summed E-state index contributed by atoms with van der Waals surface area (Å²) in [5, 5.41) is 0. The van der Waals surface area contributed by atoms with Crippen LogP contribution in [0.2, 0.25) is 19.6 Å². The molecule has 0 aliphatic rings. The van der Waals surface area contributed by atoms with Crippen molar-refractivity contribution in [2.24, 2.45) is 0 Å². The molecule has 2 aromatic carbocycles. The molecule has 1 nitrogen and oxygen atoms in total. The number of rotatable bonds is 5. The van der Waals surface area contributed by atoms with Crippen molar-refractivity contribution in [3.05, 3.63) is 80.0 Å². The van der Waals surface area contributed by atoms with Crippen molar-refractivity contribution in [3.63, 3.8) is 0 Å². The predicted octanol–water partition coefficient (Wildman–Crippen LogP) is 7.41. The summed E-state index contributed by atoms with van der Waals surface area (Å²) in [6.45, 7) is 8.80. The Bertz CT molecular complexity index is 899. The third kappa shape index (κ3) is 4.82. The maximum Gasteiger partial charge on any atom is 0.185 e. The lowest BCUT2D eigenvalue weighted by molar-refractivity contribution is 0.242. The van der Waals surface area contributed by atoms with Crippen LogP contribution in [-0.4, -0.2) is 8.32 Å². The lowest BCUT2D eigenvalue weighted by atomic mass is 10.0. The van der Waals surface area contributed by atoms with E-state index in [1.807, 2.05) is 12.1 Å². The van der Waals surface area contributed by atoms with Gasteiger partial charge in [0.25, 0.3) is 0 Å². The molecule has 1 aromatic heterocycles. The zero-order valence-electron chi connectivity index (χ0n) is 15.3. The van der Waals surface area contributed by atoms with Crippen LogP contribution in [-0.2, 0) is 4.43 Å². The highest BCUT2D eigenvalue weighted by Crippen LogP contribution is 2.39. The number of hydrogen-bond donors (Lipinski definition) is 0. The first kappa shape index (κ1) is 19.7. The van der Waals surface area contributed by atoms with Crippen LogP contribution in [0.25, 0.3) is 10.4 Å². The number of thiophene rings is 1. The molecule has 26 heavy (non-hydrogen) atoms. The third-order valence-electron chi connectivity index (χ3n) is 4.01. The Kier molecular flexibility index (Phi) is 6.01. The fourth-order valence-electron chi connectivity index (χ4n) is 2.79. The van der Waals surface area contributed by atoms with Crippen molar-refractivity contribution < 1.29 is 8.82 Å². The first-order valence-corrected chi connectivity index (χ1v) is 13.8. The summed E-state index contributed by atoms with van der Waals surface area (Å²) < 4.78 is 21.0. The minimum Gasteiger partial charge on any atom is -0.406 e. The minimum absolute atomic E-state index is 0.0596. The quantitative estimate of drug-likeness (QED) is 0.264. The molecule has 3 rings (SSSR count). The van der Waals surface area contributed by atoms with Crippen molar-refractivity contribution in [3.8, 4) is 10.4 Å². The third-order valence-corrected chi connectivity index (χ3v) is 6.80. The van der Waals surface area contributed by atoms with Crippen LogP contribution in [0.4, 0.5) is 4.39 Å². The molecule has 0 saturated carbocycles. The van der Waals surface area contributed by atoms with Gasteiger partial charge >= 0.3 is 0 Å². The van der Waals surface area contributed by atoms with Crippen LogP contribution in [0.5, 0.6) is 0 Å². The lowest BCUT2D eigenvalue weighted by Crippen LogP contribution is -2.28. The van der Waals surface area contributed by atoms with Crippen LogP contribution < -0.4 is 0 Å². The molecule has 1 unspecified atom stereocenters. The molecule has 0 fully saturated rings. The molecule has 0 N–H and O–H groups in total. The highest BCUT2D eigenvalue weighted by atomic mass is 127. The zero-order chi connectivity index (χ0) is 18.9. The van der Waals surface area contributed by atoms with E-state index in [4.69, 9.17) is 4.43 Å². The Balaban J connectivity index is 2.02. The van der Waals surface area contributed by atoms with Crippen molar-refractivity contribution in [2.75, 3.05) is 0 Å². The van der Waals surface area contributed by atoms with Crippen molar-refractivity contribution in [2.45, 2.75) is 32.7 Å². The van der Waals surface area contributed by atoms with Gasteiger partial charge in [-0.25, -0.2) is 4.39 Å². The molecular formula is C21H22FIOSSi. The van der Waals surface area contributed by atoms with E-state index < -0.39 is 8.32 Å². The van der Waals surface area contributed by atoms with Crippen LogP contribution >= 0.6 is 33.9 Å². The summed E-state index contributed by atoms with van der Waals surface area (Å²) in [5.41, 5.74) is 3.51. The summed E-state index contributed by atoms with van der Waals surface area (Å²) in [7, 11) is -1.75. The van der Waals surface area contributed by atoms with Crippen LogP contribution in [0.1, 0.15) is 22.1 Å². The van der Waals surface area contributed by atoms with Gasteiger partial charge in [0.2, 0.25) is 0 Å². The summed E-state index contributed by atoms with van der Waals surface area (Å²) >= 11 is 4.08. The molecule has 0 spiro atoms. The Hall–Kier alpha value is -1.02.